The number of likely N-dealkylation sites (tertiary alicyclic amines) is 1. The first-order chi connectivity index (χ1) is 17.5. The van der Waals surface area contributed by atoms with Crippen molar-refractivity contribution in [3.8, 4) is 0 Å². The average molecular weight is 572 g/mol. The SMILES string of the molecule is Cn1cc(C(=O)N2CC3(CC(OCc4ccccn4)CS3)C2)cn1.O=C(O)C(F)(F)F.O=C(O)C(F)(F)F. The number of ether oxygens (including phenoxy) is 1. The lowest BCUT2D eigenvalue weighted by atomic mass is 9.92. The standard InChI is InChI=1S/C17H20N4O2S.2C2HF3O2/c1-20-8-13(7-19-20)16(22)21-11-17(12-21)6-15(10-24-17)23-9-14-4-2-3-5-18-14;2*3-2(4,5)1(6)7/h2-5,7-8,15H,6,9-12H2,1H3;2*(H,6,7). The van der Waals surface area contributed by atoms with E-state index in [1.54, 1.807) is 23.3 Å². The number of carboxylic acids is 2. The molecule has 210 valence electrons. The Bertz CT molecular complexity index is 1080. The Morgan fingerprint density at radius 2 is 1.68 bits per heavy atom. The van der Waals surface area contributed by atoms with Crippen molar-refractivity contribution in [2.24, 2.45) is 7.05 Å². The second-order valence-corrected chi connectivity index (χ2v) is 9.61. The summed E-state index contributed by atoms with van der Waals surface area (Å²) in [6.07, 6.45) is -3.73. The fourth-order valence-electron chi connectivity index (χ4n) is 3.32. The predicted octanol–water partition coefficient (Wildman–Crippen LogP) is 3.00. The lowest BCUT2D eigenvalue weighted by molar-refractivity contribution is -0.193. The molecule has 4 heterocycles. The number of carboxylic acid groups (broad SMARTS) is 2. The Morgan fingerprint density at radius 3 is 2.13 bits per heavy atom. The van der Waals surface area contributed by atoms with E-state index in [0.29, 0.717) is 12.2 Å². The molecule has 2 aromatic rings. The van der Waals surface area contributed by atoms with Gasteiger partial charge in [-0.25, -0.2) is 9.59 Å². The Balaban J connectivity index is 0.000000301. The minimum absolute atomic E-state index is 0.0761. The van der Waals surface area contributed by atoms with Gasteiger partial charge in [0.15, 0.2) is 0 Å². The number of carbonyl (C=O) groups excluding carboxylic acids is 1. The number of aromatic nitrogens is 3. The molecule has 2 aromatic heterocycles. The number of pyridine rings is 1. The van der Waals surface area contributed by atoms with Crippen LogP contribution in [-0.4, -0.2) is 89.8 Å². The molecule has 2 aliphatic heterocycles. The zero-order valence-electron chi connectivity index (χ0n) is 19.6. The first kappa shape index (κ1) is 30.9. The molecule has 2 saturated heterocycles. The van der Waals surface area contributed by atoms with Crippen LogP contribution in [0.15, 0.2) is 36.8 Å². The second-order valence-electron chi connectivity index (χ2n) is 8.12. The number of aryl methyl sites for hydroxylation is 1. The minimum Gasteiger partial charge on any atom is -0.475 e. The third-order valence-corrected chi connectivity index (χ3v) is 6.63. The van der Waals surface area contributed by atoms with Gasteiger partial charge in [-0.1, -0.05) is 6.07 Å². The molecule has 10 nitrogen and oxygen atoms in total. The molecule has 1 atom stereocenters. The number of hydrogen-bond donors (Lipinski definition) is 2. The average Bonchev–Trinajstić information content (AvgIpc) is 3.43. The Hall–Kier alpha value is -3.34. The molecule has 38 heavy (non-hydrogen) atoms. The molecular formula is C21H22F6N4O6S. The van der Waals surface area contributed by atoms with Crippen molar-refractivity contribution < 1.29 is 55.7 Å². The second kappa shape index (κ2) is 12.5. The van der Waals surface area contributed by atoms with Gasteiger partial charge in [0.1, 0.15) is 0 Å². The van der Waals surface area contributed by atoms with E-state index in [2.05, 4.69) is 10.1 Å². The minimum atomic E-state index is -5.08. The van der Waals surface area contributed by atoms with Crippen LogP contribution in [0.4, 0.5) is 26.3 Å². The third-order valence-electron chi connectivity index (χ3n) is 5.05. The monoisotopic (exact) mass is 572 g/mol. The number of aliphatic carboxylic acids is 2. The van der Waals surface area contributed by atoms with Gasteiger partial charge in [-0.2, -0.15) is 31.4 Å². The van der Waals surface area contributed by atoms with Crippen LogP contribution in [0.1, 0.15) is 22.5 Å². The molecule has 0 radical (unpaired) electrons. The van der Waals surface area contributed by atoms with Gasteiger partial charge in [0.05, 0.1) is 34.9 Å². The number of rotatable bonds is 4. The van der Waals surface area contributed by atoms with Gasteiger partial charge >= 0.3 is 24.3 Å². The zero-order valence-corrected chi connectivity index (χ0v) is 20.4. The Kier molecular flexibility index (Phi) is 10.1. The normalized spacial score (nSPS) is 18.0. The lowest BCUT2D eigenvalue weighted by Gasteiger charge is -2.47. The molecule has 17 heteroatoms. The van der Waals surface area contributed by atoms with Crippen molar-refractivity contribution in [3.05, 3.63) is 48.0 Å². The van der Waals surface area contributed by atoms with Crippen LogP contribution >= 0.6 is 11.8 Å². The smallest absolute Gasteiger partial charge is 0.475 e. The maximum Gasteiger partial charge on any atom is 0.490 e. The highest BCUT2D eigenvalue weighted by molar-refractivity contribution is 8.01. The highest BCUT2D eigenvalue weighted by atomic mass is 32.2. The van der Waals surface area contributed by atoms with Crippen molar-refractivity contribution in [3.63, 3.8) is 0 Å². The summed E-state index contributed by atoms with van der Waals surface area (Å²) in [5.41, 5.74) is 1.63. The van der Waals surface area contributed by atoms with Crippen molar-refractivity contribution in [1.29, 1.82) is 0 Å². The highest BCUT2D eigenvalue weighted by Crippen LogP contribution is 2.46. The maximum atomic E-state index is 12.4. The fourth-order valence-corrected chi connectivity index (χ4v) is 4.88. The zero-order chi connectivity index (χ0) is 28.7. The summed E-state index contributed by atoms with van der Waals surface area (Å²) in [6, 6.07) is 5.87. The molecule has 1 unspecified atom stereocenters. The molecule has 0 aromatic carbocycles. The van der Waals surface area contributed by atoms with Crippen molar-refractivity contribution in [2.45, 2.75) is 36.2 Å². The van der Waals surface area contributed by atoms with Gasteiger partial charge < -0.3 is 19.8 Å². The molecule has 1 spiro atoms. The summed E-state index contributed by atoms with van der Waals surface area (Å²) in [7, 11) is 1.82. The van der Waals surface area contributed by atoms with Crippen LogP contribution in [-0.2, 0) is 28.0 Å². The van der Waals surface area contributed by atoms with E-state index in [1.165, 1.54) is 0 Å². The largest absolute Gasteiger partial charge is 0.490 e. The first-order valence-electron chi connectivity index (χ1n) is 10.6. The summed E-state index contributed by atoms with van der Waals surface area (Å²) in [4.78, 5) is 36.4. The molecule has 0 aliphatic carbocycles. The number of hydrogen-bond acceptors (Lipinski definition) is 7. The van der Waals surface area contributed by atoms with E-state index < -0.39 is 24.3 Å². The van der Waals surface area contributed by atoms with E-state index in [4.69, 9.17) is 24.5 Å². The van der Waals surface area contributed by atoms with Crippen LogP contribution in [0.5, 0.6) is 0 Å². The molecular weight excluding hydrogens is 550 g/mol. The summed E-state index contributed by atoms with van der Waals surface area (Å²) in [5, 5.41) is 18.3. The van der Waals surface area contributed by atoms with E-state index in [1.807, 2.05) is 41.9 Å². The first-order valence-corrected chi connectivity index (χ1v) is 11.5. The van der Waals surface area contributed by atoms with Crippen LogP contribution < -0.4 is 0 Å². The lowest BCUT2D eigenvalue weighted by Crippen LogP contribution is -2.60. The predicted molar refractivity (Wildman–Crippen MR) is 119 cm³/mol. The summed E-state index contributed by atoms with van der Waals surface area (Å²) in [6.45, 7) is 2.16. The van der Waals surface area contributed by atoms with Crippen molar-refractivity contribution in [1.82, 2.24) is 19.7 Å². The quantitative estimate of drug-likeness (QED) is 0.530. The summed E-state index contributed by atoms with van der Waals surface area (Å²) < 4.78 is 71.3. The molecule has 0 bridgehead atoms. The van der Waals surface area contributed by atoms with Gasteiger partial charge in [0, 0.05) is 38.3 Å². The van der Waals surface area contributed by atoms with Gasteiger partial charge in [-0.15, -0.1) is 11.8 Å². The van der Waals surface area contributed by atoms with E-state index in [9.17, 15) is 31.1 Å². The Morgan fingerprint density at radius 1 is 1.11 bits per heavy atom. The fraction of sp³-hybridized carbons (Fsp3) is 0.476. The molecule has 2 fully saturated rings. The topological polar surface area (TPSA) is 135 Å². The molecule has 1 amide bonds. The van der Waals surface area contributed by atoms with Gasteiger partial charge in [-0.3, -0.25) is 14.5 Å². The van der Waals surface area contributed by atoms with Crippen LogP contribution in [0.2, 0.25) is 0 Å². The van der Waals surface area contributed by atoms with Crippen molar-refractivity contribution >= 4 is 29.6 Å². The van der Waals surface area contributed by atoms with Crippen LogP contribution in [0.25, 0.3) is 0 Å². The van der Waals surface area contributed by atoms with Crippen molar-refractivity contribution in [2.75, 3.05) is 18.8 Å². The number of carbonyl (C=O) groups is 3. The molecule has 2 aliphatic rings. The molecule has 0 saturated carbocycles. The van der Waals surface area contributed by atoms with Gasteiger partial charge in [-0.05, 0) is 18.6 Å². The number of alkyl halides is 6. The van der Waals surface area contributed by atoms with E-state index in [-0.39, 0.29) is 16.8 Å². The number of nitrogens with zero attached hydrogens (tertiary/aromatic N) is 4. The number of amides is 1. The van der Waals surface area contributed by atoms with Gasteiger partial charge in [0.25, 0.3) is 5.91 Å². The van der Waals surface area contributed by atoms with Gasteiger partial charge in [0.2, 0.25) is 0 Å². The number of thioether (sulfide) groups is 1. The molecule has 4 rings (SSSR count). The molecule has 2 N–H and O–H groups in total. The number of halogens is 6. The summed E-state index contributed by atoms with van der Waals surface area (Å²) >= 11 is 1.94. The maximum absolute atomic E-state index is 12.4. The van der Waals surface area contributed by atoms with E-state index >= 15 is 0 Å². The van der Waals surface area contributed by atoms with Crippen LogP contribution in [0, 0.1) is 0 Å². The third kappa shape index (κ3) is 9.20. The van der Waals surface area contributed by atoms with E-state index in [0.717, 1.165) is 31.0 Å². The highest BCUT2D eigenvalue weighted by Gasteiger charge is 2.51. The van der Waals surface area contributed by atoms with Crippen LogP contribution in [0.3, 0.4) is 0 Å². The summed E-state index contributed by atoms with van der Waals surface area (Å²) in [5.74, 6) is -4.45. The Labute approximate surface area is 215 Å².